The topological polar surface area (TPSA) is 54.3 Å². The Labute approximate surface area is 109 Å². The van der Waals surface area contributed by atoms with Crippen molar-refractivity contribution in [3.63, 3.8) is 0 Å². The van der Waals surface area contributed by atoms with Crippen LogP contribution < -0.4 is 10.9 Å². The minimum Gasteiger partial charge on any atom is -0.460 e. The third-order valence-electron chi connectivity index (χ3n) is 2.35. The Kier molecular flexibility index (Phi) is 3.84. The molecule has 0 saturated heterocycles. The Bertz CT molecular complexity index is 555. The van der Waals surface area contributed by atoms with E-state index in [9.17, 15) is 4.79 Å². The number of hydrogen-bond acceptors (Lipinski definition) is 4. The van der Waals surface area contributed by atoms with Gasteiger partial charge < -0.3 is 4.42 Å². The molecule has 0 fully saturated rings. The predicted molar refractivity (Wildman–Crippen MR) is 72.0 cm³/mol. The molecule has 2 aromatic heterocycles. The van der Waals surface area contributed by atoms with Crippen LogP contribution in [0.2, 0.25) is 0 Å². The summed E-state index contributed by atoms with van der Waals surface area (Å²) in [7, 11) is 0. The molecule has 2 rings (SSSR count). The van der Waals surface area contributed by atoms with Crippen LogP contribution in [0.15, 0.2) is 40.1 Å². The van der Waals surface area contributed by atoms with Crippen LogP contribution in [0.4, 0.5) is 0 Å². The summed E-state index contributed by atoms with van der Waals surface area (Å²) in [6.45, 7) is 3.75. The third kappa shape index (κ3) is 2.81. The van der Waals surface area contributed by atoms with E-state index in [1.807, 2.05) is 43.5 Å². The van der Waals surface area contributed by atoms with Crippen molar-refractivity contribution < 1.29 is 9.21 Å². The first kappa shape index (κ1) is 12.4. The molecule has 0 bridgehead atoms. The van der Waals surface area contributed by atoms with Gasteiger partial charge in [0.25, 0.3) is 5.91 Å². The smallest absolute Gasteiger partial charge is 0.279 e. The van der Waals surface area contributed by atoms with Crippen molar-refractivity contribution in [2.24, 2.45) is 0 Å². The minimum absolute atomic E-state index is 0.160. The van der Waals surface area contributed by atoms with Crippen molar-refractivity contribution in [1.29, 1.82) is 0 Å². The molecule has 5 heteroatoms. The quantitative estimate of drug-likeness (QED) is 0.833. The van der Waals surface area contributed by atoms with Crippen LogP contribution in [-0.4, -0.2) is 5.91 Å². The fraction of sp³-hybridized carbons (Fsp3) is 0.154. The molecular weight excluding hydrogens is 248 g/mol. The summed E-state index contributed by atoms with van der Waals surface area (Å²) in [6.07, 6.45) is 1.84. The fourth-order valence-corrected chi connectivity index (χ4v) is 2.07. The molecule has 0 aliphatic heterocycles. The maximum absolute atomic E-state index is 11.7. The van der Waals surface area contributed by atoms with Gasteiger partial charge in [0, 0.05) is 0 Å². The first-order valence-corrected chi connectivity index (χ1v) is 6.41. The molecule has 0 atom stereocenters. The second kappa shape index (κ2) is 5.55. The Morgan fingerprint density at radius 1 is 1.33 bits per heavy atom. The Hall–Kier alpha value is -2.01. The summed E-state index contributed by atoms with van der Waals surface area (Å²) in [4.78, 5) is 12.4. The number of thiophene rings is 1. The Morgan fingerprint density at radius 2 is 2.17 bits per heavy atom. The lowest BCUT2D eigenvalue weighted by atomic mass is 10.3. The van der Waals surface area contributed by atoms with Crippen LogP contribution in [-0.2, 0) is 0 Å². The number of amides is 1. The zero-order valence-electron chi connectivity index (χ0n) is 10.2. The highest BCUT2D eigenvalue weighted by Crippen LogP contribution is 2.14. The standard InChI is InChI=1S/C13H14N2O2S/c1-3-10(11-7-6-9(2)17-11)14-15-13(16)12-5-4-8-18-12/h3-8,14H,1-2H3,(H,15,16). The zero-order chi connectivity index (χ0) is 13.0. The van der Waals surface area contributed by atoms with Crippen molar-refractivity contribution in [1.82, 2.24) is 10.9 Å². The molecule has 0 aromatic carbocycles. The molecule has 2 aromatic rings. The molecule has 1 amide bonds. The van der Waals surface area contributed by atoms with Crippen LogP contribution >= 0.6 is 11.3 Å². The van der Waals surface area contributed by atoms with Gasteiger partial charge in [-0.3, -0.25) is 15.6 Å². The largest absolute Gasteiger partial charge is 0.460 e. The molecule has 0 radical (unpaired) electrons. The minimum atomic E-state index is -0.160. The van der Waals surface area contributed by atoms with E-state index < -0.39 is 0 Å². The average molecular weight is 262 g/mol. The lowest BCUT2D eigenvalue weighted by molar-refractivity contribution is 0.0946. The monoisotopic (exact) mass is 262 g/mol. The van der Waals surface area contributed by atoms with Crippen molar-refractivity contribution in [3.05, 3.63) is 52.1 Å². The summed E-state index contributed by atoms with van der Waals surface area (Å²) in [5, 5.41) is 1.86. The molecular formula is C13H14N2O2S. The summed E-state index contributed by atoms with van der Waals surface area (Å²) in [6, 6.07) is 7.34. The number of aryl methyl sites for hydroxylation is 1. The molecule has 18 heavy (non-hydrogen) atoms. The number of furan rings is 1. The van der Waals surface area contributed by atoms with Crippen LogP contribution in [0.25, 0.3) is 5.70 Å². The second-order valence-corrected chi connectivity index (χ2v) is 4.62. The van der Waals surface area contributed by atoms with Gasteiger partial charge in [-0.05, 0) is 37.4 Å². The number of rotatable bonds is 4. The van der Waals surface area contributed by atoms with Gasteiger partial charge in [0.1, 0.15) is 5.76 Å². The number of allylic oxidation sites excluding steroid dienone is 1. The number of carbonyl (C=O) groups excluding carboxylic acids is 1. The number of hydrazine groups is 1. The first-order chi connectivity index (χ1) is 8.70. The summed E-state index contributed by atoms with van der Waals surface area (Å²) >= 11 is 1.40. The highest BCUT2D eigenvalue weighted by Gasteiger charge is 2.08. The van der Waals surface area contributed by atoms with Crippen LogP contribution in [0.3, 0.4) is 0 Å². The van der Waals surface area contributed by atoms with Crippen LogP contribution in [0.5, 0.6) is 0 Å². The molecule has 0 aliphatic rings. The van der Waals surface area contributed by atoms with Gasteiger partial charge >= 0.3 is 0 Å². The molecule has 94 valence electrons. The van der Waals surface area contributed by atoms with Crippen molar-refractivity contribution in [2.75, 3.05) is 0 Å². The molecule has 0 saturated carbocycles. The van der Waals surface area contributed by atoms with Crippen LogP contribution in [0.1, 0.15) is 28.1 Å². The van der Waals surface area contributed by atoms with E-state index >= 15 is 0 Å². The maximum atomic E-state index is 11.7. The molecule has 4 nitrogen and oxygen atoms in total. The molecule has 0 spiro atoms. The summed E-state index contributed by atoms with van der Waals surface area (Å²) in [5.41, 5.74) is 6.23. The van der Waals surface area contributed by atoms with Gasteiger partial charge in [-0.2, -0.15) is 0 Å². The normalized spacial score (nSPS) is 11.3. The van der Waals surface area contributed by atoms with Gasteiger partial charge in [0.05, 0.1) is 10.6 Å². The van der Waals surface area contributed by atoms with E-state index in [2.05, 4.69) is 10.9 Å². The number of carbonyl (C=O) groups is 1. The lowest BCUT2D eigenvalue weighted by Crippen LogP contribution is -2.35. The summed E-state index contributed by atoms with van der Waals surface area (Å²) < 4.78 is 5.48. The molecule has 0 aliphatic carbocycles. The first-order valence-electron chi connectivity index (χ1n) is 5.53. The van der Waals surface area contributed by atoms with Gasteiger partial charge in [0.15, 0.2) is 5.76 Å². The highest BCUT2D eigenvalue weighted by molar-refractivity contribution is 7.12. The second-order valence-electron chi connectivity index (χ2n) is 3.67. The van der Waals surface area contributed by atoms with E-state index in [0.717, 1.165) is 11.5 Å². The average Bonchev–Trinajstić information content (AvgIpc) is 3.01. The number of hydrogen-bond donors (Lipinski definition) is 2. The summed E-state index contributed by atoms with van der Waals surface area (Å²) in [5.74, 6) is 1.37. The Balaban J connectivity index is 1.99. The van der Waals surface area contributed by atoms with E-state index in [0.29, 0.717) is 10.6 Å². The van der Waals surface area contributed by atoms with E-state index in [-0.39, 0.29) is 5.91 Å². The van der Waals surface area contributed by atoms with Gasteiger partial charge in [-0.25, -0.2) is 0 Å². The highest BCUT2D eigenvalue weighted by atomic mass is 32.1. The number of nitrogens with one attached hydrogen (secondary N) is 2. The predicted octanol–water partition coefficient (Wildman–Crippen LogP) is 2.94. The lowest BCUT2D eigenvalue weighted by Gasteiger charge is -2.09. The molecule has 2 heterocycles. The van der Waals surface area contributed by atoms with Crippen molar-refractivity contribution >= 4 is 22.9 Å². The fourth-order valence-electron chi connectivity index (χ4n) is 1.45. The SMILES string of the molecule is CC=C(NNC(=O)c1cccs1)c1ccc(C)o1. The van der Waals surface area contributed by atoms with Gasteiger partial charge in [-0.1, -0.05) is 12.1 Å². The van der Waals surface area contributed by atoms with Gasteiger partial charge in [-0.15, -0.1) is 11.3 Å². The van der Waals surface area contributed by atoms with E-state index in [1.165, 1.54) is 11.3 Å². The van der Waals surface area contributed by atoms with Crippen molar-refractivity contribution in [2.45, 2.75) is 13.8 Å². The van der Waals surface area contributed by atoms with E-state index in [1.54, 1.807) is 6.07 Å². The van der Waals surface area contributed by atoms with E-state index in [4.69, 9.17) is 4.42 Å². The molecule has 2 N–H and O–H groups in total. The third-order valence-corrected chi connectivity index (χ3v) is 3.22. The van der Waals surface area contributed by atoms with Crippen LogP contribution in [0, 0.1) is 6.92 Å². The van der Waals surface area contributed by atoms with Crippen molar-refractivity contribution in [3.8, 4) is 0 Å². The van der Waals surface area contributed by atoms with Gasteiger partial charge in [0.2, 0.25) is 0 Å². The zero-order valence-corrected chi connectivity index (χ0v) is 11.0. The molecule has 0 unspecified atom stereocenters. The Morgan fingerprint density at radius 3 is 2.72 bits per heavy atom. The maximum Gasteiger partial charge on any atom is 0.279 e.